The van der Waals surface area contributed by atoms with Gasteiger partial charge in [0, 0.05) is 0 Å². The summed E-state index contributed by atoms with van der Waals surface area (Å²) in [6.07, 6.45) is 6.78. The Morgan fingerprint density at radius 2 is 2.27 bits per heavy atom. The normalized spacial score (nSPS) is 19.1. The molecule has 1 aliphatic heterocycles. The van der Waals surface area contributed by atoms with Gasteiger partial charge in [0.2, 0.25) is 0 Å². The van der Waals surface area contributed by atoms with E-state index in [4.69, 9.17) is 4.74 Å². The van der Waals surface area contributed by atoms with E-state index in [1.165, 1.54) is 24.8 Å². The smallest absolute Gasteiger partial charge is 0.122 e. The lowest BCUT2D eigenvalue weighted by Gasteiger charge is -2.25. The van der Waals surface area contributed by atoms with Gasteiger partial charge >= 0.3 is 0 Å². The molecular weight excluding hydrogens is 184 g/mol. The van der Waals surface area contributed by atoms with Crippen LogP contribution < -0.4 is 4.74 Å². The Balaban J connectivity index is 1.91. The average molecular weight is 202 g/mol. The molecule has 0 spiro atoms. The molecule has 0 bridgehead atoms. The second-order valence-electron chi connectivity index (χ2n) is 4.21. The van der Waals surface area contributed by atoms with Crippen molar-refractivity contribution in [2.75, 3.05) is 6.61 Å². The Kier molecular flexibility index (Phi) is 3.44. The first-order chi connectivity index (χ1) is 7.40. The molecule has 1 heterocycles. The van der Waals surface area contributed by atoms with Crippen LogP contribution in [0.4, 0.5) is 0 Å². The van der Waals surface area contributed by atoms with Crippen LogP contribution in [0.25, 0.3) is 0 Å². The van der Waals surface area contributed by atoms with E-state index >= 15 is 0 Å². The summed E-state index contributed by atoms with van der Waals surface area (Å²) in [6, 6.07) is 8.37. The predicted octanol–water partition coefficient (Wildman–Crippen LogP) is 3.59. The highest BCUT2D eigenvalue weighted by atomic mass is 16.5. The van der Waals surface area contributed by atoms with E-state index in [1.54, 1.807) is 0 Å². The van der Waals surface area contributed by atoms with Crippen LogP contribution in [0.5, 0.6) is 5.75 Å². The average Bonchev–Trinajstić information content (AvgIpc) is 2.29. The van der Waals surface area contributed by atoms with Crippen LogP contribution in [-0.4, -0.2) is 6.61 Å². The van der Waals surface area contributed by atoms with Gasteiger partial charge in [0.15, 0.2) is 0 Å². The Morgan fingerprint density at radius 3 is 3.13 bits per heavy atom. The van der Waals surface area contributed by atoms with Gasteiger partial charge in [0.05, 0.1) is 6.61 Å². The van der Waals surface area contributed by atoms with Crippen LogP contribution in [0, 0.1) is 5.92 Å². The maximum Gasteiger partial charge on any atom is 0.122 e. The van der Waals surface area contributed by atoms with Gasteiger partial charge in [-0.25, -0.2) is 0 Å². The Morgan fingerprint density at radius 1 is 1.40 bits per heavy atom. The molecule has 0 N–H and O–H groups in total. The summed E-state index contributed by atoms with van der Waals surface area (Å²) in [5.41, 5.74) is 1.37. The fraction of sp³-hybridized carbons (Fsp3) is 0.429. The van der Waals surface area contributed by atoms with Crippen LogP contribution in [0.1, 0.15) is 24.8 Å². The Hall–Kier alpha value is -1.24. The van der Waals surface area contributed by atoms with Crippen molar-refractivity contribution in [3.63, 3.8) is 0 Å². The minimum Gasteiger partial charge on any atom is -0.493 e. The highest BCUT2D eigenvalue weighted by Crippen LogP contribution is 2.28. The maximum absolute atomic E-state index is 5.74. The van der Waals surface area contributed by atoms with Gasteiger partial charge in [0.1, 0.15) is 5.75 Å². The minimum atomic E-state index is 0.694. The number of allylic oxidation sites excluding steroid dienone is 1. The zero-order chi connectivity index (χ0) is 10.5. The summed E-state index contributed by atoms with van der Waals surface area (Å²) in [7, 11) is 0. The first-order valence-corrected chi connectivity index (χ1v) is 5.71. The van der Waals surface area contributed by atoms with E-state index in [0.717, 1.165) is 18.8 Å². The van der Waals surface area contributed by atoms with Gasteiger partial charge in [-0.05, 0) is 43.2 Å². The molecule has 80 valence electrons. The van der Waals surface area contributed by atoms with Crippen molar-refractivity contribution in [1.29, 1.82) is 0 Å². The molecule has 0 saturated carbocycles. The number of ether oxygens (including phenoxy) is 1. The molecule has 1 aromatic rings. The van der Waals surface area contributed by atoms with Gasteiger partial charge in [-0.2, -0.15) is 0 Å². The molecule has 2 rings (SSSR count). The number of hydrogen-bond donors (Lipinski definition) is 0. The van der Waals surface area contributed by atoms with Crippen LogP contribution in [0.3, 0.4) is 0 Å². The molecule has 0 aliphatic carbocycles. The monoisotopic (exact) mass is 202 g/mol. The summed E-state index contributed by atoms with van der Waals surface area (Å²) in [5.74, 6) is 1.78. The van der Waals surface area contributed by atoms with Gasteiger partial charge in [0.25, 0.3) is 0 Å². The first-order valence-electron chi connectivity index (χ1n) is 5.71. The van der Waals surface area contributed by atoms with E-state index < -0.39 is 0 Å². The number of para-hydroxylation sites is 1. The molecule has 15 heavy (non-hydrogen) atoms. The molecule has 1 heteroatoms. The number of fused-ring (bicyclic) bond motifs is 1. The number of benzene rings is 1. The topological polar surface area (TPSA) is 9.23 Å². The second-order valence-corrected chi connectivity index (χ2v) is 4.21. The van der Waals surface area contributed by atoms with Crippen molar-refractivity contribution in [3.05, 3.63) is 42.5 Å². The number of rotatable bonds is 4. The molecule has 0 amide bonds. The lowest BCUT2D eigenvalue weighted by atomic mass is 9.92. The quantitative estimate of drug-likeness (QED) is 0.535. The summed E-state index contributed by atoms with van der Waals surface area (Å²) < 4.78 is 5.74. The van der Waals surface area contributed by atoms with Crippen molar-refractivity contribution in [2.45, 2.75) is 25.7 Å². The summed E-state index contributed by atoms with van der Waals surface area (Å²) in [5, 5.41) is 0. The summed E-state index contributed by atoms with van der Waals surface area (Å²) in [6.45, 7) is 4.63. The van der Waals surface area contributed by atoms with Gasteiger partial charge in [-0.15, -0.1) is 6.58 Å². The molecule has 1 nitrogen and oxygen atoms in total. The van der Waals surface area contributed by atoms with Crippen molar-refractivity contribution in [1.82, 2.24) is 0 Å². The van der Waals surface area contributed by atoms with Gasteiger partial charge in [-0.1, -0.05) is 24.3 Å². The van der Waals surface area contributed by atoms with Crippen molar-refractivity contribution in [2.24, 2.45) is 5.92 Å². The SMILES string of the molecule is C=CCCCC1COc2ccccc2C1. The highest BCUT2D eigenvalue weighted by molar-refractivity contribution is 5.34. The maximum atomic E-state index is 5.74. The van der Waals surface area contributed by atoms with Crippen LogP contribution in [0.2, 0.25) is 0 Å². The predicted molar refractivity (Wildman–Crippen MR) is 63.2 cm³/mol. The van der Waals surface area contributed by atoms with Crippen LogP contribution in [0.15, 0.2) is 36.9 Å². The Labute approximate surface area is 91.8 Å². The molecule has 1 atom stereocenters. The van der Waals surface area contributed by atoms with E-state index in [1.807, 2.05) is 12.1 Å². The molecule has 0 radical (unpaired) electrons. The molecule has 0 saturated heterocycles. The molecule has 0 aromatic heterocycles. The third kappa shape index (κ3) is 2.62. The summed E-state index contributed by atoms with van der Waals surface area (Å²) in [4.78, 5) is 0. The van der Waals surface area contributed by atoms with Crippen LogP contribution in [-0.2, 0) is 6.42 Å². The minimum absolute atomic E-state index is 0.694. The third-order valence-electron chi connectivity index (χ3n) is 2.98. The standard InChI is InChI=1S/C14H18O/c1-2-3-4-7-12-10-13-8-5-6-9-14(13)15-11-12/h2,5-6,8-9,12H,1,3-4,7,10-11H2. The van der Waals surface area contributed by atoms with E-state index in [2.05, 4.69) is 24.8 Å². The van der Waals surface area contributed by atoms with Crippen molar-refractivity contribution >= 4 is 0 Å². The Bertz CT molecular complexity index is 330. The summed E-state index contributed by atoms with van der Waals surface area (Å²) >= 11 is 0. The van der Waals surface area contributed by atoms with E-state index in [-0.39, 0.29) is 0 Å². The molecule has 1 aromatic carbocycles. The van der Waals surface area contributed by atoms with Crippen LogP contribution >= 0.6 is 0 Å². The molecular formula is C14H18O. The van der Waals surface area contributed by atoms with Crippen molar-refractivity contribution < 1.29 is 4.74 Å². The first kappa shape index (κ1) is 10.3. The molecule has 0 fully saturated rings. The van der Waals surface area contributed by atoms with Gasteiger partial charge < -0.3 is 4.74 Å². The van der Waals surface area contributed by atoms with E-state index in [0.29, 0.717) is 5.92 Å². The van der Waals surface area contributed by atoms with Gasteiger partial charge in [-0.3, -0.25) is 0 Å². The highest BCUT2D eigenvalue weighted by Gasteiger charge is 2.18. The third-order valence-corrected chi connectivity index (χ3v) is 2.98. The molecule has 1 unspecified atom stereocenters. The van der Waals surface area contributed by atoms with E-state index in [9.17, 15) is 0 Å². The lowest BCUT2D eigenvalue weighted by molar-refractivity contribution is 0.212. The lowest BCUT2D eigenvalue weighted by Crippen LogP contribution is -2.20. The second kappa shape index (κ2) is 5.01. The zero-order valence-corrected chi connectivity index (χ0v) is 9.11. The zero-order valence-electron chi connectivity index (χ0n) is 9.11. The largest absolute Gasteiger partial charge is 0.493 e. The molecule has 1 aliphatic rings. The number of unbranched alkanes of at least 4 members (excludes halogenated alkanes) is 1. The number of hydrogen-bond acceptors (Lipinski definition) is 1. The van der Waals surface area contributed by atoms with Crippen molar-refractivity contribution in [3.8, 4) is 5.75 Å². The fourth-order valence-corrected chi connectivity index (χ4v) is 2.13. The fourth-order valence-electron chi connectivity index (χ4n) is 2.13.